The van der Waals surface area contributed by atoms with Gasteiger partial charge in [0.05, 0.1) is 10.2 Å². The van der Waals surface area contributed by atoms with Gasteiger partial charge in [-0.1, -0.05) is 48.9 Å². The van der Waals surface area contributed by atoms with Gasteiger partial charge in [0.2, 0.25) is 5.91 Å². The molecule has 0 aliphatic carbocycles. The number of amides is 4. The van der Waals surface area contributed by atoms with Crippen molar-refractivity contribution < 1.29 is 23.9 Å². The molecule has 4 rings (SSSR count). The monoisotopic (exact) mass is 659 g/mol. The molecule has 202 valence electrons. The maximum absolute atomic E-state index is 13.0. The van der Waals surface area contributed by atoms with Crippen molar-refractivity contribution in [3.8, 4) is 11.5 Å². The first-order valence-corrected chi connectivity index (χ1v) is 13.8. The molecule has 10 heteroatoms. The summed E-state index contributed by atoms with van der Waals surface area (Å²) in [6.45, 7) is 4.17. The van der Waals surface area contributed by atoms with Crippen molar-refractivity contribution in [1.82, 2.24) is 10.2 Å². The molecule has 1 saturated heterocycles. The quantitative estimate of drug-likeness (QED) is 0.158. The van der Waals surface area contributed by atoms with Crippen LogP contribution >= 0.6 is 34.2 Å². The van der Waals surface area contributed by atoms with E-state index in [2.05, 4.69) is 33.2 Å². The molecule has 0 unspecified atom stereocenters. The van der Waals surface area contributed by atoms with E-state index in [1.165, 1.54) is 0 Å². The van der Waals surface area contributed by atoms with Gasteiger partial charge in [-0.2, -0.15) is 0 Å². The van der Waals surface area contributed by atoms with Crippen LogP contribution < -0.4 is 20.1 Å². The second-order valence-electron chi connectivity index (χ2n) is 8.62. The summed E-state index contributed by atoms with van der Waals surface area (Å²) in [6, 6.07) is 17.7. The van der Waals surface area contributed by atoms with Crippen LogP contribution in [0.15, 0.2) is 66.4 Å². The number of anilines is 1. The maximum Gasteiger partial charge on any atom is 0.329 e. The van der Waals surface area contributed by atoms with Gasteiger partial charge in [0, 0.05) is 10.7 Å². The molecule has 39 heavy (non-hydrogen) atoms. The zero-order valence-electron chi connectivity index (χ0n) is 21.4. The van der Waals surface area contributed by atoms with E-state index in [1.54, 1.807) is 30.3 Å². The number of nitrogens with zero attached hydrogens (tertiary/aromatic N) is 1. The fourth-order valence-corrected chi connectivity index (χ4v) is 4.88. The smallest absolute Gasteiger partial charge is 0.329 e. The summed E-state index contributed by atoms with van der Waals surface area (Å²) >= 11 is 8.10. The standard InChI is InChI=1S/C29H27ClIN3O5/c1-3-20-7-5-6-8-23(20)32-26(35)16-34-28(36)24(33-29(34)37)14-19-13-22(31)27(25(15-19)38-4-2)39-17-18-9-11-21(30)12-10-18/h5-15H,3-4,16-17H2,1-2H3,(H,32,35)(H,33,37)/b24-14+. The van der Waals surface area contributed by atoms with Crippen LogP contribution in [0.25, 0.3) is 6.08 Å². The number of rotatable bonds is 10. The summed E-state index contributed by atoms with van der Waals surface area (Å²) in [6.07, 6.45) is 2.29. The largest absolute Gasteiger partial charge is 0.490 e. The number of hydrogen-bond acceptors (Lipinski definition) is 5. The van der Waals surface area contributed by atoms with Crippen molar-refractivity contribution in [2.45, 2.75) is 26.9 Å². The summed E-state index contributed by atoms with van der Waals surface area (Å²) in [5.74, 6) is 0.0285. The fraction of sp³-hybridized carbons (Fsp3) is 0.207. The Morgan fingerprint density at radius 3 is 2.54 bits per heavy atom. The molecule has 3 aromatic carbocycles. The van der Waals surface area contributed by atoms with E-state index >= 15 is 0 Å². The van der Waals surface area contributed by atoms with Gasteiger partial charge in [0.15, 0.2) is 11.5 Å². The average molecular weight is 660 g/mol. The number of imide groups is 1. The minimum atomic E-state index is -0.659. The number of nitrogens with one attached hydrogen (secondary N) is 2. The zero-order chi connectivity index (χ0) is 27.9. The molecular formula is C29H27ClIN3O5. The van der Waals surface area contributed by atoms with Crippen LogP contribution in [0.4, 0.5) is 10.5 Å². The number of benzene rings is 3. The topological polar surface area (TPSA) is 97.0 Å². The highest BCUT2D eigenvalue weighted by Gasteiger charge is 2.35. The Balaban J connectivity index is 1.49. The maximum atomic E-state index is 13.0. The lowest BCUT2D eigenvalue weighted by molar-refractivity contribution is -0.127. The third-order valence-corrected chi connectivity index (χ3v) is 6.93. The lowest BCUT2D eigenvalue weighted by Crippen LogP contribution is -2.38. The van der Waals surface area contributed by atoms with Gasteiger partial charge >= 0.3 is 6.03 Å². The second kappa shape index (κ2) is 13.0. The molecule has 2 N–H and O–H groups in total. The van der Waals surface area contributed by atoms with Crippen molar-refractivity contribution in [3.63, 3.8) is 0 Å². The number of carbonyl (C=O) groups excluding carboxylic acids is 3. The Hall–Kier alpha value is -3.57. The minimum absolute atomic E-state index is 0.0647. The predicted octanol–water partition coefficient (Wildman–Crippen LogP) is 6.02. The number of urea groups is 1. The summed E-state index contributed by atoms with van der Waals surface area (Å²) in [5, 5.41) is 6.00. The van der Waals surface area contributed by atoms with Gasteiger partial charge in [-0.05, 0) is 89.0 Å². The van der Waals surface area contributed by atoms with Crippen LogP contribution in [-0.2, 0) is 22.6 Å². The zero-order valence-corrected chi connectivity index (χ0v) is 24.3. The van der Waals surface area contributed by atoms with E-state index < -0.39 is 24.4 Å². The summed E-state index contributed by atoms with van der Waals surface area (Å²) in [5.41, 5.74) is 3.27. The molecular weight excluding hydrogens is 633 g/mol. The summed E-state index contributed by atoms with van der Waals surface area (Å²) in [7, 11) is 0. The first-order valence-electron chi connectivity index (χ1n) is 12.3. The van der Waals surface area contributed by atoms with Crippen molar-refractivity contribution >= 4 is 63.8 Å². The van der Waals surface area contributed by atoms with Crippen LogP contribution in [0.5, 0.6) is 11.5 Å². The van der Waals surface area contributed by atoms with Crippen LogP contribution in [0.1, 0.15) is 30.5 Å². The fourth-order valence-electron chi connectivity index (χ4n) is 3.98. The van der Waals surface area contributed by atoms with E-state index in [-0.39, 0.29) is 5.70 Å². The molecule has 0 spiro atoms. The Labute approximate surface area is 245 Å². The van der Waals surface area contributed by atoms with Crippen molar-refractivity contribution in [2.24, 2.45) is 0 Å². The Morgan fingerprint density at radius 2 is 1.82 bits per heavy atom. The highest BCUT2D eigenvalue weighted by molar-refractivity contribution is 14.1. The normalized spacial score (nSPS) is 13.9. The van der Waals surface area contributed by atoms with Crippen molar-refractivity contribution in [1.29, 1.82) is 0 Å². The number of hydrogen-bond donors (Lipinski definition) is 2. The molecule has 8 nitrogen and oxygen atoms in total. The minimum Gasteiger partial charge on any atom is -0.490 e. The van der Waals surface area contributed by atoms with E-state index in [0.29, 0.717) is 41.0 Å². The molecule has 0 aromatic heterocycles. The second-order valence-corrected chi connectivity index (χ2v) is 10.2. The lowest BCUT2D eigenvalue weighted by atomic mass is 10.1. The van der Waals surface area contributed by atoms with Crippen molar-refractivity contribution in [3.05, 3.63) is 91.6 Å². The highest BCUT2D eigenvalue weighted by atomic mass is 127. The number of aryl methyl sites for hydroxylation is 1. The molecule has 1 fully saturated rings. The first kappa shape index (κ1) is 28.4. The van der Waals surface area contributed by atoms with Crippen molar-refractivity contribution in [2.75, 3.05) is 18.5 Å². The third kappa shape index (κ3) is 7.10. The lowest BCUT2D eigenvalue weighted by Gasteiger charge is -2.15. The van der Waals surface area contributed by atoms with Crippen LogP contribution in [0, 0.1) is 3.57 Å². The summed E-state index contributed by atoms with van der Waals surface area (Å²) < 4.78 is 12.6. The molecule has 1 aliphatic rings. The average Bonchev–Trinajstić information content (AvgIpc) is 3.16. The molecule has 3 aromatic rings. The van der Waals surface area contributed by atoms with E-state index in [0.717, 1.165) is 26.0 Å². The van der Waals surface area contributed by atoms with Gasteiger partial charge < -0.3 is 20.1 Å². The van der Waals surface area contributed by atoms with Crippen LogP contribution in [0.3, 0.4) is 0 Å². The highest BCUT2D eigenvalue weighted by Crippen LogP contribution is 2.36. The molecule has 0 radical (unpaired) electrons. The van der Waals surface area contributed by atoms with Gasteiger partial charge in [-0.3, -0.25) is 9.59 Å². The van der Waals surface area contributed by atoms with E-state index in [1.807, 2.05) is 50.2 Å². The van der Waals surface area contributed by atoms with E-state index in [9.17, 15) is 14.4 Å². The molecule has 1 heterocycles. The Kier molecular flexibility index (Phi) is 9.47. The van der Waals surface area contributed by atoms with Gasteiger partial charge in [-0.25, -0.2) is 9.69 Å². The molecule has 4 amide bonds. The van der Waals surface area contributed by atoms with E-state index in [4.69, 9.17) is 21.1 Å². The van der Waals surface area contributed by atoms with Gasteiger partial charge in [-0.15, -0.1) is 0 Å². The molecule has 0 bridgehead atoms. The number of para-hydroxylation sites is 1. The molecule has 0 atom stereocenters. The van der Waals surface area contributed by atoms with Gasteiger partial charge in [0.1, 0.15) is 18.8 Å². The first-order chi connectivity index (χ1) is 18.8. The Bertz CT molecular complexity index is 1420. The van der Waals surface area contributed by atoms with Gasteiger partial charge in [0.25, 0.3) is 5.91 Å². The predicted molar refractivity (Wildman–Crippen MR) is 159 cm³/mol. The Morgan fingerprint density at radius 1 is 1.08 bits per heavy atom. The summed E-state index contributed by atoms with van der Waals surface area (Å²) in [4.78, 5) is 39.1. The molecule has 0 saturated carbocycles. The van der Waals surface area contributed by atoms with Crippen LogP contribution in [-0.4, -0.2) is 35.9 Å². The SMILES string of the molecule is CCOc1cc(/C=C2/NC(=O)N(CC(=O)Nc3ccccc3CC)C2=O)cc(I)c1OCc1ccc(Cl)cc1. The number of halogens is 2. The third-order valence-electron chi connectivity index (χ3n) is 5.88. The van der Waals surface area contributed by atoms with Crippen LogP contribution in [0.2, 0.25) is 5.02 Å². The number of carbonyl (C=O) groups is 3. The number of ether oxygens (including phenoxy) is 2. The molecule has 1 aliphatic heterocycles.